The second-order valence-electron chi connectivity index (χ2n) is 5.60. The number of nitrogens with one attached hydrogen (secondary N) is 3. The van der Waals surface area contributed by atoms with E-state index in [9.17, 15) is 9.59 Å². The zero-order valence-corrected chi connectivity index (χ0v) is 14.5. The highest BCUT2D eigenvalue weighted by molar-refractivity contribution is 5.99. The number of nitrogens with zero attached hydrogens (tertiary/aromatic N) is 3. The zero-order valence-electron chi connectivity index (χ0n) is 14.5. The van der Waals surface area contributed by atoms with Crippen LogP contribution < -0.4 is 20.9 Å². The van der Waals surface area contributed by atoms with Crippen LogP contribution in [0.3, 0.4) is 0 Å². The highest BCUT2D eigenvalue weighted by atomic mass is 16.5. The molecule has 9 heteroatoms. The SMILES string of the molecule is COc1ccc(NC(=O)Nc2cc(C)nn2-c2nc(C)cc(=O)[nH]2)cc1. The third kappa shape index (κ3) is 3.89. The van der Waals surface area contributed by atoms with Crippen molar-refractivity contribution >= 4 is 17.5 Å². The van der Waals surface area contributed by atoms with Crippen LogP contribution in [0.4, 0.5) is 16.3 Å². The van der Waals surface area contributed by atoms with Crippen molar-refractivity contribution < 1.29 is 9.53 Å². The van der Waals surface area contributed by atoms with Crippen molar-refractivity contribution in [2.45, 2.75) is 13.8 Å². The predicted octanol–water partition coefficient (Wildman–Crippen LogP) is 2.23. The van der Waals surface area contributed by atoms with E-state index in [2.05, 4.69) is 25.7 Å². The van der Waals surface area contributed by atoms with Crippen molar-refractivity contribution in [3.8, 4) is 11.7 Å². The Morgan fingerprint density at radius 3 is 2.50 bits per heavy atom. The summed E-state index contributed by atoms with van der Waals surface area (Å²) in [5, 5.41) is 9.69. The summed E-state index contributed by atoms with van der Waals surface area (Å²) in [6.07, 6.45) is 0. The van der Waals surface area contributed by atoms with Crippen LogP contribution in [0, 0.1) is 13.8 Å². The molecule has 0 aliphatic heterocycles. The lowest BCUT2D eigenvalue weighted by molar-refractivity contribution is 0.262. The molecular formula is C17H18N6O3. The van der Waals surface area contributed by atoms with Crippen LogP contribution >= 0.6 is 0 Å². The molecule has 0 saturated heterocycles. The molecule has 2 heterocycles. The van der Waals surface area contributed by atoms with Gasteiger partial charge in [0.05, 0.1) is 12.8 Å². The van der Waals surface area contributed by atoms with E-state index >= 15 is 0 Å². The molecule has 3 N–H and O–H groups in total. The smallest absolute Gasteiger partial charge is 0.324 e. The van der Waals surface area contributed by atoms with E-state index in [1.54, 1.807) is 51.3 Å². The standard InChI is InChI=1S/C17H18N6O3/c1-10-9-15(24)21-16(18-10)23-14(8-11(2)22-23)20-17(25)19-12-4-6-13(26-3)7-5-12/h4-9H,1-3H3,(H,18,21,24)(H2,19,20,25). The Morgan fingerprint density at radius 2 is 1.85 bits per heavy atom. The van der Waals surface area contributed by atoms with Crippen molar-refractivity contribution in [1.82, 2.24) is 19.7 Å². The molecule has 0 aliphatic rings. The number of hydrogen-bond acceptors (Lipinski definition) is 5. The number of aryl methyl sites for hydroxylation is 2. The molecule has 0 spiro atoms. The van der Waals surface area contributed by atoms with E-state index in [0.717, 1.165) is 0 Å². The molecule has 0 unspecified atom stereocenters. The van der Waals surface area contributed by atoms with Gasteiger partial charge in [0.25, 0.3) is 5.56 Å². The van der Waals surface area contributed by atoms with Crippen LogP contribution in [-0.4, -0.2) is 32.9 Å². The van der Waals surface area contributed by atoms with Gasteiger partial charge in [0.1, 0.15) is 11.6 Å². The number of amides is 2. The van der Waals surface area contributed by atoms with Gasteiger partial charge in [-0.3, -0.25) is 15.1 Å². The Bertz CT molecular complexity index is 990. The number of carbonyl (C=O) groups excluding carboxylic acids is 1. The Balaban J connectivity index is 1.81. The van der Waals surface area contributed by atoms with Gasteiger partial charge >= 0.3 is 6.03 Å². The molecule has 0 atom stereocenters. The maximum absolute atomic E-state index is 12.3. The van der Waals surface area contributed by atoms with Crippen LogP contribution in [0.2, 0.25) is 0 Å². The topological polar surface area (TPSA) is 114 Å². The number of benzene rings is 1. The highest BCUT2D eigenvalue weighted by Gasteiger charge is 2.13. The molecule has 2 amide bonds. The molecule has 3 rings (SSSR count). The average molecular weight is 354 g/mol. The van der Waals surface area contributed by atoms with Crippen LogP contribution in [-0.2, 0) is 0 Å². The lowest BCUT2D eigenvalue weighted by Gasteiger charge is -2.10. The lowest BCUT2D eigenvalue weighted by Crippen LogP contribution is -2.22. The maximum atomic E-state index is 12.3. The molecule has 134 valence electrons. The van der Waals surface area contributed by atoms with Crippen molar-refractivity contribution in [3.05, 3.63) is 58.1 Å². The fraction of sp³-hybridized carbons (Fsp3) is 0.176. The number of aromatic nitrogens is 4. The summed E-state index contributed by atoms with van der Waals surface area (Å²) in [5.74, 6) is 1.30. The zero-order chi connectivity index (χ0) is 18.7. The van der Waals surface area contributed by atoms with Gasteiger partial charge in [-0.05, 0) is 38.1 Å². The number of H-pyrrole nitrogens is 1. The maximum Gasteiger partial charge on any atom is 0.324 e. The summed E-state index contributed by atoms with van der Waals surface area (Å²) in [6, 6.07) is 9.53. The van der Waals surface area contributed by atoms with Crippen LogP contribution in [0.1, 0.15) is 11.4 Å². The first-order chi connectivity index (χ1) is 12.4. The molecule has 9 nitrogen and oxygen atoms in total. The second-order valence-corrected chi connectivity index (χ2v) is 5.60. The minimum Gasteiger partial charge on any atom is -0.497 e. The van der Waals surface area contributed by atoms with Crippen molar-refractivity contribution in [2.24, 2.45) is 0 Å². The molecular weight excluding hydrogens is 336 g/mol. The fourth-order valence-corrected chi connectivity index (χ4v) is 2.37. The van der Waals surface area contributed by atoms with Gasteiger partial charge in [0, 0.05) is 23.5 Å². The average Bonchev–Trinajstić information content (AvgIpc) is 2.95. The number of rotatable bonds is 4. The number of hydrogen-bond donors (Lipinski definition) is 3. The minimum absolute atomic E-state index is 0.225. The third-order valence-electron chi connectivity index (χ3n) is 3.48. The van der Waals surface area contributed by atoms with Gasteiger partial charge in [0.15, 0.2) is 0 Å². The number of urea groups is 1. The molecule has 0 bridgehead atoms. The first-order valence-corrected chi connectivity index (χ1v) is 7.81. The minimum atomic E-state index is -0.452. The molecule has 0 radical (unpaired) electrons. The molecule has 2 aromatic heterocycles. The van der Waals surface area contributed by atoms with Crippen molar-refractivity contribution in [1.29, 1.82) is 0 Å². The molecule has 0 saturated carbocycles. The van der Waals surface area contributed by atoms with E-state index in [0.29, 0.717) is 28.6 Å². The first-order valence-electron chi connectivity index (χ1n) is 7.81. The summed E-state index contributed by atoms with van der Waals surface area (Å²) >= 11 is 0. The Morgan fingerprint density at radius 1 is 1.12 bits per heavy atom. The Hall–Kier alpha value is -3.62. The van der Waals surface area contributed by atoms with E-state index in [4.69, 9.17) is 4.74 Å². The van der Waals surface area contributed by atoms with Gasteiger partial charge in [-0.1, -0.05) is 0 Å². The van der Waals surface area contributed by atoms with E-state index in [1.165, 1.54) is 10.7 Å². The summed E-state index contributed by atoms with van der Waals surface area (Å²) < 4.78 is 6.45. The number of carbonyl (C=O) groups is 1. The second kappa shape index (κ2) is 7.09. The van der Waals surface area contributed by atoms with Crippen LogP contribution in [0.25, 0.3) is 5.95 Å². The number of aromatic amines is 1. The Labute approximate surface area is 149 Å². The third-order valence-corrected chi connectivity index (χ3v) is 3.48. The van der Waals surface area contributed by atoms with Gasteiger partial charge < -0.3 is 10.1 Å². The molecule has 26 heavy (non-hydrogen) atoms. The quantitative estimate of drug-likeness (QED) is 0.665. The largest absolute Gasteiger partial charge is 0.497 e. The van der Waals surface area contributed by atoms with Crippen molar-refractivity contribution in [3.63, 3.8) is 0 Å². The summed E-state index contributed by atoms with van der Waals surface area (Å²) in [4.78, 5) is 30.8. The molecule has 0 aliphatic carbocycles. The Kier molecular flexibility index (Phi) is 4.70. The van der Waals surface area contributed by atoms with Gasteiger partial charge in [-0.2, -0.15) is 9.78 Å². The number of methoxy groups -OCH3 is 1. The number of ether oxygens (including phenoxy) is 1. The van der Waals surface area contributed by atoms with Crippen LogP contribution in [0.5, 0.6) is 5.75 Å². The molecule has 1 aromatic carbocycles. The normalized spacial score (nSPS) is 10.4. The fourth-order valence-electron chi connectivity index (χ4n) is 2.37. The summed E-state index contributed by atoms with van der Waals surface area (Å²) in [7, 11) is 1.57. The van der Waals surface area contributed by atoms with Gasteiger partial charge in [-0.25, -0.2) is 9.78 Å². The number of anilines is 2. The summed E-state index contributed by atoms with van der Waals surface area (Å²) in [5.41, 5.74) is 1.52. The molecule has 3 aromatic rings. The lowest BCUT2D eigenvalue weighted by atomic mass is 10.3. The van der Waals surface area contributed by atoms with E-state index in [-0.39, 0.29) is 11.5 Å². The van der Waals surface area contributed by atoms with Crippen molar-refractivity contribution in [2.75, 3.05) is 17.7 Å². The van der Waals surface area contributed by atoms with Gasteiger partial charge in [-0.15, -0.1) is 0 Å². The first kappa shape index (κ1) is 17.2. The monoisotopic (exact) mass is 354 g/mol. The van der Waals surface area contributed by atoms with Crippen LogP contribution in [0.15, 0.2) is 41.2 Å². The van der Waals surface area contributed by atoms with E-state index < -0.39 is 6.03 Å². The van der Waals surface area contributed by atoms with Gasteiger partial charge in [0.2, 0.25) is 5.95 Å². The highest BCUT2D eigenvalue weighted by Crippen LogP contribution is 2.17. The van der Waals surface area contributed by atoms with E-state index in [1.807, 2.05) is 0 Å². The predicted molar refractivity (Wildman–Crippen MR) is 97.1 cm³/mol. The molecule has 0 fully saturated rings. The summed E-state index contributed by atoms with van der Waals surface area (Å²) in [6.45, 7) is 3.48.